The Balaban J connectivity index is 2.47. The topological polar surface area (TPSA) is 26.3 Å². The fourth-order valence-electron chi connectivity index (χ4n) is 2.96. The van der Waals surface area contributed by atoms with Gasteiger partial charge in [0, 0.05) is 0 Å². The van der Waals surface area contributed by atoms with E-state index < -0.39 is 0 Å². The van der Waals surface area contributed by atoms with Crippen LogP contribution < -0.4 is 0 Å². The number of carbonyl (C=O) groups is 1. The van der Waals surface area contributed by atoms with Crippen LogP contribution in [0.4, 0.5) is 0 Å². The van der Waals surface area contributed by atoms with Crippen molar-refractivity contribution in [3.63, 3.8) is 0 Å². The maximum absolute atomic E-state index is 11.3. The van der Waals surface area contributed by atoms with Gasteiger partial charge in [0.2, 0.25) is 0 Å². The van der Waals surface area contributed by atoms with Crippen molar-refractivity contribution >= 4 is 5.97 Å². The molecule has 1 aliphatic rings. The van der Waals surface area contributed by atoms with E-state index in [2.05, 4.69) is 27.7 Å². The minimum atomic E-state index is -0.0791. The number of allylic oxidation sites excluding steroid dienone is 2. The Bertz CT molecular complexity index is 322. The van der Waals surface area contributed by atoms with Gasteiger partial charge in [-0.05, 0) is 44.4 Å². The van der Waals surface area contributed by atoms with Gasteiger partial charge in [0.05, 0.1) is 13.0 Å². The van der Waals surface area contributed by atoms with Gasteiger partial charge in [0.1, 0.15) is 0 Å². The minimum Gasteiger partial charge on any atom is -0.469 e. The highest BCUT2D eigenvalue weighted by molar-refractivity contribution is 5.71. The molecule has 0 radical (unpaired) electrons. The summed E-state index contributed by atoms with van der Waals surface area (Å²) in [5, 5.41) is 0. The number of esters is 1. The third-order valence-corrected chi connectivity index (χ3v) is 4.40. The van der Waals surface area contributed by atoms with Crippen molar-refractivity contribution in [3.8, 4) is 0 Å². The maximum Gasteiger partial charge on any atom is 0.308 e. The van der Waals surface area contributed by atoms with Gasteiger partial charge < -0.3 is 4.74 Å². The second kappa shape index (κ2) is 5.24. The van der Waals surface area contributed by atoms with E-state index in [4.69, 9.17) is 4.74 Å². The first-order chi connectivity index (χ1) is 7.80. The molecule has 1 fully saturated rings. The molecule has 1 saturated carbocycles. The Labute approximate surface area is 105 Å². The van der Waals surface area contributed by atoms with E-state index >= 15 is 0 Å². The molecule has 1 aliphatic carbocycles. The van der Waals surface area contributed by atoms with Crippen molar-refractivity contribution in [2.75, 3.05) is 7.11 Å². The largest absolute Gasteiger partial charge is 0.469 e. The lowest BCUT2D eigenvalue weighted by Crippen LogP contribution is -2.38. The quantitative estimate of drug-likeness (QED) is 0.547. The van der Waals surface area contributed by atoms with Crippen molar-refractivity contribution in [2.45, 2.75) is 53.9 Å². The summed E-state index contributed by atoms with van der Waals surface area (Å²) in [7, 11) is 1.47. The fraction of sp³-hybridized carbons (Fsp3) is 0.800. The van der Waals surface area contributed by atoms with Crippen LogP contribution in [-0.2, 0) is 9.53 Å². The lowest BCUT2D eigenvalue weighted by molar-refractivity contribution is -0.145. The summed E-state index contributed by atoms with van der Waals surface area (Å²) in [5.74, 6) is 0.677. The van der Waals surface area contributed by atoms with Gasteiger partial charge in [0.15, 0.2) is 0 Å². The molecule has 0 amide bonds. The van der Waals surface area contributed by atoms with E-state index in [0.29, 0.717) is 5.41 Å². The Hall–Kier alpha value is -0.790. The molecule has 0 saturated heterocycles. The van der Waals surface area contributed by atoms with E-state index in [1.54, 1.807) is 5.57 Å². The molecule has 0 bridgehead atoms. The third-order valence-electron chi connectivity index (χ3n) is 4.40. The van der Waals surface area contributed by atoms with Gasteiger partial charge >= 0.3 is 5.97 Å². The summed E-state index contributed by atoms with van der Waals surface area (Å²) in [6.07, 6.45) is 3.28. The summed E-state index contributed by atoms with van der Waals surface area (Å²) >= 11 is 0. The van der Waals surface area contributed by atoms with Crippen molar-refractivity contribution in [3.05, 3.63) is 11.1 Å². The Morgan fingerprint density at radius 1 is 1.47 bits per heavy atom. The number of hydrogen-bond donors (Lipinski definition) is 0. The van der Waals surface area contributed by atoms with Gasteiger partial charge in [-0.25, -0.2) is 0 Å². The highest BCUT2D eigenvalue weighted by Crippen LogP contribution is 2.54. The van der Waals surface area contributed by atoms with Crippen LogP contribution >= 0.6 is 0 Å². The zero-order valence-corrected chi connectivity index (χ0v) is 12.1. The third kappa shape index (κ3) is 2.91. The van der Waals surface area contributed by atoms with Gasteiger partial charge in [-0.3, -0.25) is 4.79 Å². The minimum absolute atomic E-state index is 0.0338. The van der Waals surface area contributed by atoms with Crippen LogP contribution in [0.2, 0.25) is 0 Å². The second-order valence-corrected chi connectivity index (χ2v) is 6.10. The predicted octanol–water partition coefficient (Wildman–Crippen LogP) is 3.96. The smallest absolute Gasteiger partial charge is 0.308 e. The van der Waals surface area contributed by atoms with Crippen molar-refractivity contribution in [1.29, 1.82) is 0 Å². The summed E-state index contributed by atoms with van der Waals surface area (Å²) in [6, 6.07) is 0. The first-order valence-electron chi connectivity index (χ1n) is 6.55. The molecule has 0 aromatic rings. The van der Waals surface area contributed by atoms with Crippen LogP contribution in [0.5, 0.6) is 0 Å². The van der Waals surface area contributed by atoms with Crippen LogP contribution in [0.25, 0.3) is 0 Å². The summed E-state index contributed by atoms with van der Waals surface area (Å²) in [6.45, 7) is 11.0. The number of rotatable bonds is 4. The molecule has 17 heavy (non-hydrogen) atoms. The van der Waals surface area contributed by atoms with Crippen molar-refractivity contribution in [2.24, 2.45) is 17.3 Å². The van der Waals surface area contributed by atoms with Crippen LogP contribution in [0, 0.1) is 17.3 Å². The number of hydrogen-bond acceptors (Lipinski definition) is 2. The van der Waals surface area contributed by atoms with E-state index in [1.807, 2.05) is 6.92 Å². The van der Waals surface area contributed by atoms with E-state index in [0.717, 1.165) is 18.8 Å². The van der Waals surface area contributed by atoms with Crippen LogP contribution in [0.1, 0.15) is 53.9 Å². The number of methoxy groups -OCH3 is 1. The molecule has 0 heterocycles. The first kappa shape index (κ1) is 14.3. The van der Waals surface area contributed by atoms with Crippen LogP contribution in [0.3, 0.4) is 0 Å². The van der Waals surface area contributed by atoms with Gasteiger partial charge in [-0.1, -0.05) is 31.9 Å². The zero-order chi connectivity index (χ0) is 13.2. The molecule has 2 unspecified atom stereocenters. The first-order valence-corrected chi connectivity index (χ1v) is 6.55. The van der Waals surface area contributed by atoms with Crippen LogP contribution in [-0.4, -0.2) is 13.1 Å². The molecule has 2 nitrogen and oxygen atoms in total. The van der Waals surface area contributed by atoms with Crippen molar-refractivity contribution in [1.82, 2.24) is 0 Å². The standard InChI is InChI=1S/C15H26O2/c1-10(2)13-9-12(15(13,4)5)8-7-11(3)14(16)17-6/h11-12H,7-9H2,1-6H3. The molecule has 2 atom stereocenters. The highest BCUT2D eigenvalue weighted by Gasteiger charge is 2.43. The van der Waals surface area contributed by atoms with Gasteiger partial charge in [0.25, 0.3) is 0 Å². The summed E-state index contributed by atoms with van der Waals surface area (Å²) < 4.78 is 4.76. The van der Waals surface area contributed by atoms with Crippen molar-refractivity contribution < 1.29 is 9.53 Å². The monoisotopic (exact) mass is 238 g/mol. The van der Waals surface area contributed by atoms with E-state index in [9.17, 15) is 4.79 Å². The average molecular weight is 238 g/mol. The molecule has 0 spiro atoms. The summed E-state index contributed by atoms with van der Waals surface area (Å²) in [4.78, 5) is 11.3. The van der Waals surface area contributed by atoms with E-state index in [-0.39, 0.29) is 11.9 Å². The van der Waals surface area contributed by atoms with Crippen LogP contribution in [0.15, 0.2) is 11.1 Å². The molecule has 98 valence electrons. The molecule has 1 rings (SSSR count). The second-order valence-electron chi connectivity index (χ2n) is 6.10. The molecular weight excluding hydrogens is 212 g/mol. The molecule has 0 N–H and O–H groups in total. The van der Waals surface area contributed by atoms with E-state index in [1.165, 1.54) is 19.1 Å². The molecule has 0 aromatic heterocycles. The Kier molecular flexibility index (Phi) is 4.40. The van der Waals surface area contributed by atoms with Gasteiger partial charge in [-0.15, -0.1) is 0 Å². The average Bonchev–Trinajstić information content (AvgIpc) is 2.25. The zero-order valence-electron chi connectivity index (χ0n) is 12.1. The summed E-state index contributed by atoms with van der Waals surface area (Å²) in [5.41, 5.74) is 3.40. The lowest BCUT2D eigenvalue weighted by atomic mass is 9.56. The predicted molar refractivity (Wildman–Crippen MR) is 70.7 cm³/mol. The molecular formula is C15H26O2. The van der Waals surface area contributed by atoms with Gasteiger partial charge in [-0.2, -0.15) is 0 Å². The Morgan fingerprint density at radius 2 is 2.06 bits per heavy atom. The molecule has 0 aliphatic heterocycles. The number of carbonyl (C=O) groups excluding carboxylic acids is 1. The Morgan fingerprint density at radius 3 is 2.47 bits per heavy atom. The normalized spacial score (nSPS) is 23.9. The number of ether oxygens (including phenoxy) is 1. The molecule has 0 aromatic carbocycles. The molecule has 2 heteroatoms. The highest BCUT2D eigenvalue weighted by atomic mass is 16.5. The SMILES string of the molecule is COC(=O)C(C)CCC1CC(=C(C)C)C1(C)C. The fourth-order valence-corrected chi connectivity index (χ4v) is 2.96. The maximum atomic E-state index is 11.3. The lowest BCUT2D eigenvalue weighted by Gasteiger charge is -2.49.